The molecule has 0 amide bonds. The van der Waals surface area contributed by atoms with Gasteiger partial charge in [0, 0.05) is 26.7 Å². The first-order valence-electron chi connectivity index (χ1n) is 6.33. The number of sulfonamides is 1. The summed E-state index contributed by atoms with van der Waals surface area (Å²) in [5, 5.41) is 7.51. The molecule has 3 heterocycles. The Kier molecular flexibility index (Phi) is 4.37. The van der Waals surface area contributed by atoms with E-state index in [1.54, 1.807) is 11.4 Å². The van der Waals surface area contributed by atoms with E-state index in [9.17, 15) is 8.42 Å². The molecule has 6 nitrogen and oxygen atoms in total. The highest BCUT2D eigenvalue weighted by Gasteiger charge is 2.45. The maximum atomic E-state index is 12.6. The van der Waals surface area contributed by atoms with E-state index in [1.165, 1.54) is 10.9 Å². The molecule has 1 N–H and O–H groups in total. The molecule has 2 fully saturated rings. The summed E-state index contributed by atoms with van der Waals surface area (Å²) in [6.45, 7) is 3.01. The van der Waals surface area contributed by atoms with Crippen LogP contribution in [-0.4, -0.2) is 48.7 Å². The molecular weight excluding hydrogens is 323 g/mol. The Morgan fingerprint density at radius 2 is 2.20 bits per heavy atom. The topological polar surface area (TPSA) is 67.2 Å². The van der Waals surface area contributed by atoms with E-state index in [2.05, 4.69) is 10.4 Å². The smallest absolute Gasteiger partial charge is 0.261 e. The van der Waals surface area contributed by atoms with Crippen molar-refractivity contribution in [2.75, 3.05) is 26.2 Å². The van der Waals surface area contributed by atoms with Gasteiger partial charge in [-0.15, -0.1) is 12.4 Å². The van der Waals surface area contributed by atoms with E-state index in [0.29, 0.717) is 13.1 Å². The molecule has 0 bridgehead atoms. The molecule has 0 aromatic carbocycles. The van der Waals surface area contributed by atoms with Crippen LogP contribution in [0.15, 0.2) is 11.2 Å². The first-order chi connectivity index (χ1) is 8.95. The van der Waals surface area contributed by atoms with Crippen molar-refractivity contribution < 1.29 is 8.42 Å². The van der Waals surface area contributed by atoms with Crippen molar-refractivity contribution in [3.8, 4) is 0 Å². The number of hydrogen-bond acceptors (Lipinski definition) is 4. The summed E-state index contributed by atoms with van der Waals surface area (Å²) in [6.07, 6.45) is 3.32. The highest BCUT2D eigenvalue weighted by Crippen LogP contribution is 2.39. The lowest BCUT2D eigenvalue weighted by Gasteiger charge is -2.22. The molecule has 2 aliphatic heterocycles. The van der Waals surface area contributed by atoms with Crippen LogP contribution in [-0.2, 0) is 17.1 Å². The molecule has 2 aliphatic rings. The molecule has 0 saturated carbocycles. The van der Waals surface area contributed by atoms with Crippen LogP contribution >= 0.6 is 24.0 Å². The van der Waals surface area contributed by atoms with Crippen LogP contribution in [0, 0.1) is 5.41 Å². The first kappa shape index (κ1) is 16.0. The Morgan fingerprint density at radius 1 is 1.45 bits per heavy atom. The van der Waals surface area contributed by atoms with Gasteiger partial charge in [-0.3, -0.25) is 4.68 Å². The van der Waals surface area contributed by atoms with Crippen molar-refractivity contribution in [3.05, 3.63) is 11.2 Å². The van der Waals surface area contributed by atoms with Gasteiger partial charge in [0.05, 0.1) is 11.2 Å². The van der Waals surface area contributed by atoms with Crippen LogP contribution < -0.4 is 5.32 Å². The molecular formula is C11H18Cl2N4O2S. The molecule has 1 atom stereocenters. The predicted octanol–water partition coefficient (Wildman–Crippen LogP) is 0.869. The summed E-state index contributed by atoms with van der Waals surface area (Å²) in [7, 11) is -1.95. The number of aromatic nitrogens is 2. The highest BCUT2D eigenvalue weighted by molar-refractivity contribution is 7.89. The van der Waals surface area contributed by atoms with Gasteiger partial charge in [0.15, 0.2) is 5.03 Å². The first-order valence-corrected chi connectivity index (χ1v) is 8.15. The van der Waals surface area contributed by atoms with E-state index < -0.39 is 10.0 Å². The zero-order chi connectivity index (χ0) is 13.7. The van der Waals surface area contributed by atoms with Crippen molar-refractivity contribution in [1.29, 1.82) is 0 Å². The molecule has 1 spiro atoms. The lowest BCUT2D eigenvalue weighted by Crippen LogP contribution is -2.34. The minimum absolute atomic E-state index is 0. The molecule has 1 aromatic rings. The zero-order valence-electron chi connectivity index (χ0n) is 11.2. The number of nitrogens with zero attached hydrogens (tertiary/aromatic N) is 3. The fourth-order valence-electron chi connectivity index (χ4n) is 3.06. The number of halogens is 2. The van der Waals surface area contributed by atoms with Crippen LogP contribution in [0.1, 0.15) is 12.8 Å². The molecule has 0 aliphatic carbocycles. The molecule has 2 saturated heterocycles. The third-order valence-electron chi connectivity index (χ3n) is 4.16. The number of aryl methyl sites for hydroxylation is 1. The molecule has 3 rings (SSSR count). The van der Waals surface area contributed by atoms with Crippen LogP contribution in [0.3, 0.4) is 0 Å². The largest absolute Gasteiger partial charge is 0.316 e. The lowest BCUT2D eigenvalue weighted by molar-refractivity contribution is 0.337. The van der Waals surface area contributed by atoms with E-state index in [-0.39, 0.29) is 27.9 Å². The van der Waals surface area contributed by atoms with Gasteiger partial charge >= 0.3 is 0 Å². The number of hydrogen-bond donors (Lipinski definition) is 1. The van der Waals surface area contributed by atoms with Gasteiger partial charge in [-0.1, -0.05) is 11.6 Å². The van der Waals surface area contributed by atoms with Gasteiger partial charge in [0.25, 0.3) is 10.0 Å². The van der Waals surface area contributed by atoms with Gasteiger partial charge in [-0.2, -0.15) is 9.40 Å². The monoisotopic (exact) mass is 340 g/mol. The van der Waals surface area contributed by atoms with E-state index in [0.717, 1.165) is 25.9 Å². The Morgan fingerprint density at radius 3 is 2.75 bits per heavy atom. The van der Waals surface area contributed by atoms with Gasteiger partial charge in [0.2, 0.25) is 0 Å². The second kappa shape index (κ2) is 5.46. The maximum Gasteiger partial charge on any atom is 0.261 e. The molecule has 9 heteroatoms. The van der Waals surface area contributed by atoms with E-state index >= 15 is 0 Å². The van der Waals surface area contributed by atoms with Crippen LogP contribution in [0.2, 0.25) is 5.02 Å². The Hall–Kier alpha value is -0.340. The Labute approximate surface area is 129 Å². The van der Waals surface area contributed by atoms with E-state index in [4.69, 9.17) is 11.6 Å². The van der Waals surface area contributed by atoms with Gasteiger partial charge in [-0.05, 0) is 24.8 Å². The Balaban J connectivity index is 0.00000147. The SMILES string of the molecule is Cl.Cn1ncc(Cl)c1S(=O)(=O)N1CCC2(CCNC2)C1. The minimum Gasteiger partial charge on any atom is -0.316 e. The maximum absolute atomic E-state index is 12.6. The highest BCUT2D eigenvalue weighted by atomic mass is 35.5. The third-order valence-corrected chi connectivity index (χ3v) is 6.52. The summed E-state index contributed by atoms with van der Waals surface area (Å²) in [4.78, 5) is 0. The summed E-state index contributed by atoms with van der Waals surface area (Å²) in [5.74, 6) is 0. The number of rotatable bonds is 2. The van der Waals surface area contributed by atoms with Crippen LogP contribution in [0.4, 0.5) is 0 Å². The van der Waals surface area contributed by atoms with Crippen molar-refractivity contribution in [2.45, 2.75) is 17.9 Å². The Bertz CT molecular complexity index is 576. The lowest BCUT2D eigenvalue weighted by atomic mass is 9.87. The molecule has 1 unspecified atom stereocenters. The zero-order valence-corrected chi connectivity index (χ0v) is 13.6. The molecule has 20 heavy (non-hydrogen) atoms. The van der Waals surface area contributed by atoms with Gasteiger partial charge < -0.3 is 5.32 Å². The average Bonchev–Trinajstić information content (AvgIpc) is 3.04. The number of nitrogens with one attached hydrogen (secondary N) is 1. The minimum atomic E-state index is -3.55. The summed E-state index contributed by atoms with van der Waals surface area (Å²) in [6, 6.07) is 0. The van der Waals surface area contributed by atoms with Crippen molar-refractivity contribution in [2.24, 2.45) is 12.5 Å². The van der Waals surface area contributed by atoms with Gasteiger partial charge in [-0.25, -0.2) is 8.42 Å². The standard InChI is InChI=1S/C11H17ClN4O2S.ClH/c1-15-10(9(12)6-14-15)19(17,18)16-5-3-11(8-16)2-4-13-7-11;/h6,13H,2-5,7-8H2,1H3;1H. The van der Waals surface area contributed by atoms with Crippen molar-refractivity contribution in [3.63, 3.8) is 0 Å². The van der Waals surface area contributed by atoms with Crippen molar-refractivity contribution >= 4 is 34.0 Å². The van der Waals surface area contributed by atoms with Gasteiger partial charge in [0.1, 0.15) is 0 Å². The third kappa shape index (κ3) is 2.46. The van der Waals surface area contributed by atoms with E-state index in [1.807, 2.05) is 0 Å². The summed E-state index contributed by atoms with van der Waals surface area (Å²) < 4.78 is 28.1. The fraction of sp³-hybridized carbons (Fsp3) is 0.727. The average molecular weight is 341 g/mol. The predicted molar refractivity (Wildman–Crippen MR) is 78.8 cm³/mol. The van der Waals surface area contributed by atoms with Crippen molar-refractivity contribution in [1.82, 2.24) is 19.4 Å². The fourth-order valence-corrected chi connectivity index (χ4v) is 5.21. The second-order valence-corrected chi connectivity index (χ2v) is 7.70. The van der Waals surface area contributed by atoms with Crippen LogP contribution in [0.5, 0.6) is 0 Å². The summed E-state index contributed by atoms with van der Waals surface area (Å²) in [5.41, 5.74) is 0.109. The normalized spacial score (nSPS) is 27.1. The van der Waals surface area contributed by atoms with Crippen LogP contribution in [0.25, 0.3) is 0 Å². The molecule has 0 radical (unpaired) electrons. The quantitative estimate of drug-likeness (QED) is 0.867. The second-order valence-electron chi connectivity index (χ2n) is 5.44. The molecule has 114 valence electrons. The summed E-state index contributed by atoms with van der Waals surface area (Å²) >= 11 is 5.96. The molecule has 1 aromatic heterocycles.